The van der Waals surface area contributed by atoms with Crippen molar-refractivity contribution in [2.45, 2.75) is 12.4 Å². The standard InChI is InChI=1S/C12H7F6N3O2/c13-11(14,15)6-2-7(19)5(10(22)23)1-8(6)21-3-9(20-4-21)12(16,17)18/h1-4H,19H2,(H,22,23). The Hall–Kier alpha value is -2.72. The van der Waals surface area contributed by atoms with Gasteiger partial charge in [0.2, 0.25) is 0 Å². The number of benzene rings is 1. The molecule has 124 valence electrons. The Bertz CT molecular complexity index is 763. The van der Waals surface area contributed by atoms with Crippen molar-refractivity contribution < 1.29 is 36.2 Å². The second-order valence-corrected chi connectivity index (χ2v) is 4.42. The number of imidazole rings is 1. The van der Waals surface area contributed by atoms with Crippen molar-refractivity contribution >= 4 is 11.7 Å². The largest absolute Gasteiger partial charge is 0.478 e. The van der Waals surface area contributed by atoms with Gasteiger partial charge in [-0.25, -0.2) is 9.78 Å². The molecule has 0 bridgehead atoms. The molecule has 1 heterocycles. The number of anilines is 1. The number of alkyl halides is 6. The number of carbonyl (C=O) groups is 1. The Kier molecular flexibility index (Phi) is 3.75. The third kappa shape index (κ3) is 3.22. The quantitative estimate of drug-likeness (QED) is 0.650. The van der Waals surface area contributed by atoms with Gasteiger partial charge in [-0.1, -0.05) is 0 Å². The van der Waals surface area contributed by atoms with Crippen LogP contribution in [0.3, 0.4) is 0 Å². The molecule has 3 N–H and O–H groups in total. The average molecular weight is 339 g/mol. The Balaban J connectivity index is 2.71. The number of aromatic nitrogens is 2. The zero-order valence-electron chi connectivity index (χ0n) is 10.9. The summed E-state index contributed by atoms with van der Waals surface area (Å²) >= 11 is 0. The normalized spacial score (nSPS) is 12.4. The molecule has 0 saturated heterocycles. The van der Waals surface area contributed by atoms with Crippen LogP contribution in [-0.4, -0.2) is 20.6 Å². The molecule has 2 aromatic rings. The van der Waals surface area contributed by atoms with Crippen molar-refractivity contribution in [2.24, 2.45) is 0 Å². The highest BCUT2D eigenvalue weighted by atomic mass is 19.4. The van der Waals surface area contributed by atoms with E-state index < -0.39 is 46.5 Å². The predicted octanol–water partition coefficient (Wildman–Crippen LogP) is 3.19. The third-order valence-corrected chi connectivity index (χ3v) is 2.85. The lowest BCUT2D eigenvalue weighted by Crippen LogP contribution is -2.14. The summed E-state index contributed by atoms with van der Waals surface area (Å²) in [6.45, 7) is 0. The van der Waals surface area contributed by atoms with E-state index in [1.807, 2.05) is 0 Å². The van der Waals surface area contributed by atoms with Crippen LogP contribution >= 0.6 is 0 Å². The number of carboxylic acids is 1. The monoisotopic (exact) mass is 339 g/mol. The number of carboxylic acid groups (broad SMARTS) is 1. The molecule has 0 aliphatic heterocycles. The first-order valence-corrected chi connectivity index (χ1v) is 5.77. The number of nitrogen functional groups attached to an aromatic ring is 1. The molecule has 0 amide bonds. The van der Waals surface area contributed by atoms with Gasteiger partial charge in [0.1, 0.15) is 0 Å². The minimum absolute atomic E-state index is 0.326. The average Bonchev–Trinajstić information content (AvgIpc) is 2.86. The maximum atomic E-state index is 13.0. The summed E-state index contributed by atoms with van der Waals surface area (Å²) in [6.07, 6.45) is -8.97. The molecule has 0 spiro atoms. The highest BCUT2D eigenvalue weighted by Gasteiger charge is 2.37. The van der Waals surface area contributed by atoms with Crippen LogP contribution in [0.2, 0.25) is 0 Å². The first kappa shape index (κ1) is 16.6. The molecule has 0 atom stereocenters. The van der Waals surface area contributed by atoms with Gasteiger partial charge in [-0.05, 0) is 12.1 Å². The van der Waals surface area contributed by atoms with Gasteiger partial charge >= 0.3 is 18.3 Å². The smallest absolute Gasteiger partial charge is 0.434 e. The van der Waals surface area contributed by atoms with Crippen LogP contribution in [0.1, 0.15) is 21.6 Å². The first-order chi connectivity index (χ1) is 10.4. The van der Waals surface area contributed by atoms with Gasteiger partial charge in [0.05, 0.1) is 23.1 Å². The van der Waals surface area contributed by atoms with Gasteiger partial charge in [-0.15, -0.1) is 0 Å². The van der Waals surface area contributed by atoms with Crippen LogP contribution in [0, 0.1) is 0 Å². The molecule has 23 heavy (non-hydrogen) atoms. The van der Waals surface area contributed by atoms with E-state index in [0.29, 0.717) is 29.2 Å². The molecule has 0 aliphatic rings. The number of halogens is 6. The molecular weight excluding hydrogens is 332 g/mol. The fraction of sp³-hybridized carbons (Fsp3) is 0.167. The minimum Gasteiger partial charge on any atom is -0.478 e. The summed E-state index contributed by atoms with van der Waals surface area (Å²) in [7, 11) is 0. The molecule has 0 aliphatic carbocycles. The zero-order valence-corrected chi connectivity index (χ0v) is 10.9. The molecule has 0 radical (unpaired) electrons. The van der Waals surface area contributed by atoms with Gasteiger partial charge < -0.3 is 15.4 Å². The van der Waals surface area contributed by atoms with E-state index in [1.165, 1.54) is 0 Å². The van der Waals surface area contributed by atoms with E-state index in [2.05, 4.69) is 4.98 Å². The Morgan fingerprint density at radius 1 is 1.13 bits per heavy atom. The maximum Gasteiger partial charge on any atom is 0.434 e. The molecule has 5 nitrogen and oxygen atoms in total. The van der Waals surface area contributed by atoms with E-state index in [4.69, 9.17) is 10.8 Å². The molecular formula is C12H7F6N3O2. The summed E-state index contributed by atoms with van der Waals surface area (Å²) < 4.78 is 77.1. The number of hydrogen-bond donors (Lipinski definition) is 2. The minimum atomic E-state index is -4.96. The van der Waals surface area contributed by atoms with Crippen LogP contribution < -0.4 is 5.73 Å². The number of nitrogens with two attached hydrogens (primary N) is 1. The van der Waals surface area contributed by atoms with Crippen LogP contribution in [0.5, 0.6) is 0 Å². The summed E-state index contributed by atoms with van der Waals surface area (Å²) in [6, 6.07) is 0.897. The number of nitrogens with zero attached hydrogens (tertiary/aromatic N) is 2. The van der Waals surface area contributed by atoms with E-state index in [9.17, 15) is 31.1 Å². The lowest BCUT2D eigenvalue weighted by molar-refractivity contribution is -0.140. The third-order valence-electron chi connectivity index (χ3n) is 2.85. The first-order valence-electron chi connectivity index (χ1n) is 5.77. The molecule has 1 aromatic heterocycles. The summed E-state index contributed by atoms with van der Waals surface area (Å²) in [5.41, 5.74) is 0.294. The van der Waals surface area contributed by atoms with Gasteiger partial charge in [-0.2, -0.15) is 26.3 Å². The van der Waals surface area contributed by atoms with E-state index in [-0.39, 0.29) is 0 Å². The number of rotatable bonds is 2. The van der Waals surface area contributed by atoms with Crippen molar-refractivity contribution in [3.8, 4) is 5.69 Å². The fourth-order valence-corrected chi connectivity index (χ4v) is 1.83. The van der Waals surface area contributed by atoms with Crippen LogP contribution in [0.4, 0.5) is 32.0 Å². The topological polar surface area (TPSA) is 81.1 Å². The van der Waals surface area contributed by atoms with Crippen LogP contribution in [-0.2, 0) is 12.4 Å². The second-order valence-electron chi connectivity index (χ2n) is 4.42. The Morgan fingerprint density at radius 3 is 2.17 bits per heavy atom. The van der Waals surface area contributed by atoms with E-state index in [0.717, 1.165) is 0 Å². The molecule has 2 rings (SSSR count). The number of hydrogen-bond acceptors (Lipinski definition) is 3. The molecule has 1 aromatic carbocycles. The van der Waals surface area contributed by atoms with Gasteiger partial charge in [0, 0.05) is 11.9 Å². The SMILES string of the molecule is Nc1cc(C(F)(F)F)c(-n2cnc(C(F)(F)F)c2)cc1C(=O)O. The highest BCUT2D eigenvalue weighted by molar-refractivity contribution is 5.94. The highest BCUT2D eigenvalue weighted by Crippen LogP contribution is 2.37. The van der Waals surface area contributed by atoms with Crippen molar-refractivity contribution in [1.29, 1.82) is 0 Å². The van der Waals surface area contributed by atoms with Gasteiger partial charge in [0.15, 0.2) is 5.69 Å². The Morgan fingerprint density at radius 2 is 1.74 bits per heavy atom. The second kappa shape index (κ2) is 5.18. The molecule has 0 unspecified atom stereocenters. The molecule has 0 saturated carbocycles. The van der Waals surface area contributed by atoms with Crippen molar-refractivity contribution in [1.82, 2.24) is 9.55 Å². The summed E-state index contributed by atoms with van der Waals surface area (Å²) in [4.78, 5) is 13.9. The lowest BCUT2D eigenvalue weighted by Gasteiger charge is -2.15. The lowest BCUT2D eigenvalue weighted by atomic mass is 10.1. The number of aromatic carboxylic acids is 1. The fourth-order valence-electron chi connectivity index (χ4n) is 1.83. The van der Waals surface area contributed by atoms with E-state index >= 15 is 0 Å². The van der Waals surface area contributed by atoms with E-state index in [1.54, 1.807) is 0 Å². The molecule has 11 heteroatoms. The maximum absolute atomic E-state index is 13.0. The van der Waals surface area contributed by atoms with Crippen molar-refractivity contribution in [3.05, 3.63) is 41.5 Å². The van der Waals surface area contributed by atoms with Gasteiger partial charge in [-0.3, -0.25) is 0 Å². The predicted molar refractivity (Wildman–Crippen MR) is 64.9 cm³/mol. The van der Waals surface area contributed by atoms with Crippen LogP contribution in [0.15, 0.2) is 24.7 Å². The van der Waals surface area contributed by atoms with Crippen molar-refractivity contribution in [2.75, 3.05) is 5.73 Å². The molecule has 0 fully saturated rings. The van der Waals surface area contributed by atoms with Crippen molar-refractivity contribution in [3.63, 3.8) is 0 Å². The Labute approximate surface area is 124 Å². The zero-order chi connectivity index (χ0) is 17.6. The van der Waals surface area contributed by atoms with Gasteiger partial charge in [0.25, 0.3) is 0 Å². The summed E-state index contributed by atoms with van der Waals surface area (Å²) in [5, 5.41) is 8.90. The van der Waals surface area contributed by atoms with Crippen LogP contribution in [0.25, 0.3) is 5.69 Å². The summed E-state index contributed by atoms with van der Waals surface area (Å²) in [5.74, 6) is -1.62.